The first-order valence-corrected chi connectivity index (χ1v) is 7.23. The first kappa shape index (κ1) is 15.3. The van der Waals surface area contributed by atoms with E-state index in [2.05, 4.69) is 18.2 Å². The van der Waals surface area contributed by atoms with E-state index in [9.17, 15) is 4.79 Å². The lowest BCUT2D eigenvalue weighted by Gasteiger charge is -2.14. The molecule has 1 atom stereocenters. The molecule has 110 valence electrons. The molecular formula is C18H21NO2. The molecule has 0 spiro atoms. The van der Waals surface area contributed by atoms with E-state index in [1.165, 1.54) is 11.1 Å². The molecule has 0 amide bonds. The molecule has 0 saturated heterocycles. The molecular weight excluding hydrogens is 262 g/mol. The van der Waals surface area contributed by atoms with Crippen LogP contribution in [0.5, 0.6) is 0 Å². The Morgan fingerprint density at radius 2 is 1.67 bits per heavy atom. The normalized spacial score (nSPS) is 11.9. The van der Waals surface area contributed by atoms with Gasteiger partial charge in [0.25, 0.3) is 0 Å². The van der Waals surface area contributed by atoms with Crippen LogP contribution in [0.1, 0.15) is 23.6 Å². The van der Waals surface area contributed by atoms with Crippen molar-refractivity contribution in [3.05, 3.63) is 71.3 Å². The summed E-state index contributed by atoms with van der Waals surface area (Å²) in [4.78, 5) is 11.7. The number of benzene rings is 2. The van der Waals surface area contributed by atoms with Gasteiger partial charge in [0, 0.05) is 0 Å². The van der Waals surface area contributed by atoms with Crippen molar-refractivity contribution in [3.8, 4) is 0 Å². The minimum absolute atomic E-state index is 0.341. The third-order valence-electron chi connectivity index (χ3n) is 3.38. The van der Waals surface area contributed by atoms with Crippen molar-refractivity contribution in [2.45, 2.75) is 25.8 Å². The summed E-state index contributed by atoms with van der Waals surface area (Å²) in [5.41, 5.74) is 9.46. The predicted molar refractivity (Wildman–Crippen MR) is 84.0 cm³/mol. The van der Waals surface area contributed by atoms with Crippen LogP contribution >= 0.6 is 0 Å². The lowest BCUT2D eigenvalue weighted by molar-refractivity contribution is -0.144. The van der Waals surface area contributed by atoms with Gasteiger partial charge in [-0.2, -0.15) is 0 Å². The fraction of sp³-hybridized carbons (Fsp3) is 0.278. The van der Waals surface area contributed by atoms with Gasteiger partial charge in [-0.1, -0.05) is 54.6 Å². The highest BCUT2D eigenvalue weighted by Crippen LogP contribution is 2.16. The maximum atomic E-state index is 11.7. The van der Waals surface area contributed by atoms with Gasteiger partial charge < -0.3 is 10.5 Å². The third-order valence-corrected chi connectivity index (χ3v) is 3.38. The summed E-state index contributed by atoms with van der Waals surface area (Å²) in [7, 11) is 0. The lowest BCUT2D eigenvalue weighted by Crippen LogP contribution is -2.34. The van der Waals surface area contributed by atoms with E-state index in [4.69, 9.17) is 10.5 Å². The van der Waals surface area contributed by atoms with E-state index in [1.807, 2.05) is 36.4 Å². The van der Waals surface area contributed by atoms with Crippen LogP contribution in [0.25, 0.3) is 0 Å². The lowest BCUT2D eigenvalue weighted by atomic mass is 9.95. The molecule has 0 heterocycles. The van der Waals surface area contributed by atoms with Crippen LogP contribution in [-0.2, 0) is 22.4 Å². The monoisotopic (exact) mass is 283 g/mol. The maximum absolute atomic E-state index is 11.7. The summed E-state index contributed by atoms with van der Waals surface area (Å²) < 4.78 is 4.97. The fourth-order valence-electron chi connectivity index (χ4n) is 2.31. The van der Waals surface area contributed by atoms with E-state index in [0.29, 0.717) is 13.0 Å². The Hall–Kier alpha value is -2.13. The molecule has 0 saturated carbocycles. The quantitative estimate of drug-likeness (QED) is 0.829. The molecule has 3 heteroatoms. The molecule has 0 bridgehead atoms. The van der Waals surface area contributed by atoms with Gasteiger partial charge in [0.1, 0.15) is 6.04 Å². The first-order valence-electron chi connectivity index (χ1n) is 7.23. The molecule has 2 aromatic carbocycles. The van der Waals surface area contributed by atoms with Gasteiger partial charge in [-0.25, -0.2) is 0 Å². The molecule has 0 aromatic heterocycles. The summed E-state index contributed by atoms with van der Waals surface area (Å²) in [6, 6.07) is 17.7. The van der Waals surface area contributed by atoms with E-state index in [-0.39, 0.29) is 5.97 Å². The number of ether oxygens (including phenoxy) is 1. The van der Waals surface area contributed by atoms with Crippen molar-refractivity contribution in [2.75, 3.05) is 6.61 Å². The second kappa shape index (κ2) is 7.60. The molecule has 0 unspecified atom stereocenters. The van der Waals surface area contributed by atoms with Crippen molar-refractivity contribution in [1.29, 1.82) is 0 Å². The number of carbonyl (C=O) groups excluding carboxylic acids is 1. The number of rotatable bonds is 6. The zero-order valence-electron chi connectivity index (χ0n) is 12.3. The van der Waals surface area contributed by atoms with Crippen molar-refractivity contribution in [3.63, 3.8) is 0 Å². The average Bonchev–Trinajstić information content (AvgIpc) is 2.50. The van der Waals surface area contributed by atoms with E-state index in [0.717, 1.165) is 12.0 Å². The molecule has 0 aliphatic carbocycles. The van der Waals surface area contributed by atoms with Gasteiger partial charge in [0.15, 0.2) is 0 Å². The van der Waals surface area contributed by atoms with Crippen LogP contribution in [0, 0.1) is 0 Å². The second-order valence-electron chi connectivity index (χ2n) is 4.99. The summed E-state index contributed by atoms with van der Waals surface area (Å²) in [5, 5.41) is 0. The smallest absolute Gasteiger partial charge is 0.323 e. The van der Waals surface area contributed by atoms with Gasteiger partial charge in [-0.05, 0) is 36.5 Å². The highest BCUT2D eigenvalue weighted by atomic mass is 16.5. The molecule has 21 heavy (non-hydrogen) atoms. The van der Waals surface area contributed by atoms with Crippen LogP contribution in [-0.4, -0.2) is 18.6 Å². The summed E-state index contributed by atoms with van der Waals surface area (Å²) in [5.74, 6) is -0.341. The van der Waals surface area contributed by atoms with Crippen molar-refractivity contribution in [1.82, 2.24) is 0 Å². The van der Waals surface area contributed by atoms with Crippen LogP contribution in [0.2, 0.25) is 0 Å². The number of hydrogen-bond acceptors (Lipinski definition) is 3. The minimum atomic E-state index is -0.609. The Bertz CT molecular complexity index is 581. The molecule has 0 aliphatic heterocycles. The standard InChI is InChI=1S/C18H21NO2/c1-2-21-18(20)17(19)13-16-11-7-6-10-15(16)12-14-8-4-3-5-9-14/h3-11,17H,2,12-13,19H2,1H3/t17-/m0/s1. The molecule has 2 rings (SSSR count). The Morgan fingerprint density at radius 1 is 1.05 bits per heavy atom. The van der Waals surface area contributed by atoms with Gasteiger partial charge in [-0.15, -0.1) is 0 Å². The van der Waals surface area contributed by atoms with Crippen LogP contribution in [0.15, 0.2) is 54.6 Å². The van der Waals surface area contributed by atoms with Crippen molar-refractivity contribution >= 4 is 5.97 Å². The van der Waals surface area contributed by atoms with Crippen LogP contribution < -0.4 is 5.73 Å². The molecule has 2 N–H and O–H groups in total. The Morgan fingerprint density at radius 3 is 2.33 bits per heavy atom. The number of hydrogen-bond donors (Lipinski definition) is 1. The third kappa shape index (κ3) is 4.43. The van der Waals surface area contributed by atoms with E-state index >= 15 is 0 Å². The summed E-state index contributed by atoms with van der Waals surface area (Å²) in [6.07, 6.45) is 1.34. The first-order chi connectivity index (χ1) is 10.2. The van der Waals surface area contributed by atoms with Crippen LogP contribution in [0.4, 0.5) is 0 Å². The topological polar surface area (TPSA) is 52.3 Å². The summed E-state index contributed by atoms with van der Waals surface area (Å²) in [6.45, 7) is 2.15. The zero-order chi connectivity index (χ0) is 15.1. The molecule has 0 aliphatic rings. The maximum Gasteiger partial charge on any atom is 0.323 e. The van der Waals surface area contributed by atoms with Gasteiger partial charge >= 0.3 is 5.97 Å². The fourth-order valence-corrected chi connectivity index (χ4v) is 2.31. The number of esters is 1. The SMILES string of the molecule is CCOC(=O)[C@@H](N)Cc1ccccc1Cc1ccccc1. The number of carbonyl (C=O) groups is 1. The molecule has 3 nitrogen and oxygen atoms in total. The van der Waals surface area contributed by atoms with Gasteiger partial charge in [0.2, 0.25) is 0 Å². The van der Waals surface area contributed by atoms with Gasteiger partial charge in [-0.3, -0.25) is 4.79 Å². The van der Waals surface area contributed by atoms with Crippen molar-refractivity contribution in [2.24, 2.45) is 5.73 Å². The average molecular weight is 283 g/mol. The second-order valence-corrected chi connectivity index (χ2v) is 4.99. The number of nitrogens with two attached hydrogens (primary N) is 1. The Labute approximate surface area is 125 Å². The molecule has 2 aromatic rings. The highest BCUT2D eigenvalue weighted by molar-refractivity contribution is 5.75. The minimum Gasteiger partial charge on any atom is -0.465 e. The highest BCUT2D eigenvalue weighted by Gasteiger charge is 2.16. The molecule has 0 fully saturated rings. The predicted octanol–water partition coefficient (Wildman–Crippen LogP) is 2.71. The van der Waals surface area contributed by atoms with Crippen molar-refractivity contribution < 1.29 is 9.53 Å². The van der Waals surface area contributed by atoms with E-state index < -0.39 is 6.04 Å². The van der Waals surface area contributed by atoms with E-state index in [1.54, 1.807) is 6.92 Å². The zero-order valence-corrected chi connectivity index (χ0v) is 12.3. The van der Waals surface area contributed by atoms with Gasteiger partial charge in [0.05, 0.1) is 6.61 Å². The molecule has 0 radical (unpaired) electrons. The largest absolute Gasteiger partial charge is 0.465 e. The van der Waals surface area contributed by atoms with Crippen LogP contribution in [0.3, 0.4) is 0 Å². The Balaban J connectivity index is 2.12. The Kier molecular flexibility index (Phi) is 5.52. The summed E-state index contributed by atoms with van der Waals surface area (Å²) >= 11 is 0.